The SMILES string of the molecule is NC(=O)c1cccc(CNc2ccc(Cl)cn2)c1. The molecular formula is C13H12ClN3O. The molecule has 0 aliphatic rings. The van der Waals surface area contributed by atoms with Crippen LogP contribution in [-0.4, -0.2) is 10.9 Å². The molecule has 0 radical (unpaired) electrons. The Hall–Kier alpha value is -2.07. The van der Waals surface area contributed by atoms with E-state index in [1.54, 1.807) is 36.5 Å². The molecule has 0 atom stereocenters. The number of carbonyl (C=O) groups is 1. The van der Waals surface area contributed by atoms with Crippen LogP contribution in [0.4, 0.5) is 5.82 Å². The Balaban J connectivity index is 2.04. The lowest BCUT2D eigenvalue weighted by molar-refractivity contribution is 0.1000. The molecule has 18 heavy (non-hydrogen) atoms. The number of aromatic nitrogens is 1. The van der Waals surface area contributed by atoms with Gasteiger partial charge in [-0.25, -0.2) is 4.98 Å². The van der Waals surface area contributed by atoms with Gasteiger partial charge in [0.25, 0.3) is 0 Å². The van der Waals surface area contributed by atoms with Crippen LogP contribution >= 0.6 is 11.6 Å². The topological polar surface area (TPSA) is 68.0 Å². The summed E-state index contributed by atoms with van der Waals surface area (Å²) in [6.07, 6.45) is 1.57. The fourth-order valence-corrected chi connectivity index (χ4v) is 1.62. The highest BCUT2D eigenvalue weighted by Crippen LogP contribution is 2.11. The number of amides is 1. The van der Waals surface area contributed by atoms with Crippen molar-refractivity contribution in [3.63, 3.8) is 0 Å². The zero-order valence-electron chi connectivity index (χ0n) is 9.56. The number of nitrogens with zero attached hydrogens (tertiary/aromatic N) is 1. The number of primary amides is 1. The van der Waals surface area contributed by atoms with E-state index in [1.807, 2.05) is 6.07 Å². The Morgan fingerprint density at radius 2 is 2.17 bits per heavy atom. The van der Waals surface area contributed by atoms with Crippen molar-refractivity contribution >= 4 is 23.3 Å². The molecule has 0 fully saturated rings. The minimum absolute atomic E-state index is 0.429. The van der Waals surface area contributed by atoms with E-state index in [4.69, 9.17) is 17.3 Å². The molecule has 0 spiro atoms. The first-order chi connectivity index (χ1) is 8.65. The first kappa shape index (κ1) is 12.4. The molecule has 1 aromatic heterocycles. The lowest BCUT2D eigenvalue weighted by Crippen LogP contribution is -2.11. The van der Waals surface area contributed by atoms with Crippen molar-refractivity contribution in [2.24, 2.45) is 5.73 Å². The predicted octanol–water partition coefficient (Wildman–Crippen LogP) is 2.45. The molecule has 0 aliphatic carbocycles. The molecule has 0 unspecified atom stereocenters. The van der Waals surface area contributed by atoms with Gasteiger partial charge < -0.3 is 11.1 Å². The molecule has 0 aliphatic heterocycles. The van der Waals surface area contributed by atoms with Gasteiger partial charge in [-0.1, -0.05) is 23.7 Å². The Labute approximate surface area is 110 Å². The zero-order chi connectivity index (χ0) is 13.0. The van der Waals surface area contributed by atoms with Crippen molar-refractivity contribution in [2.75, 3.05) is 5.32 Å². The van der Waals surface area contributed by atoms with Gasteiger partial charge in [0.15, 0.2) is 0 Å². The molecule has 1 heterocycles. The van der Waals surface area contributed by atoms with Crippen molar-refractivity contribution in [3.05, 3.63) is 58.7 Å². The number of anilines is 1. The number of pyridine rings is 1. The molecule has 5 heteroatoms. The van der Waals surface area contributed by atoms with Gasteiger partial charge in [-0.05, 0) is 29.8 Å². The lowest BCUT2D eigenvalue weighted by atomic mass is 10.1. The lowest BCUT2D eigenvalue weighted by Gasteiger charge is -2.06. The fourth-order valence-electron chi connectivity index (χ4n) is 1.51. The second-order valence-electron chi connectivity index (χ2n) is 3.78. The molecule has 2 aromatic rings. The summed E-state index contributed by atoms with van der Waals surface area (Å²) in [5, 5.41) is 3.73. The molecule has 4 nitrogen and oxygen atoms in total. The van der Waals surface area contributed by atoms with Crippen LogP contribution < -0.4 is 11.1 Å². The third-order valence-corrected chi connectivity index (χ3v) is 2.64. The van der Waals surface area contributed by atoms with E-state index in [0.717, 1.165) is 11.4 Å². The fraction of sp³-hybridized carbons (Fsp3) is 0.0769. The number of halogens is 1. The smallest absolute Gasteiger partial charge is 0.248 e. The Kier molecular flexibility index (Phi) is 3.79. The van der Waals surface area contributed by atoms with Crippen LogP contribution in [0.25, 0.3) is 0 Å². The first-order valence-electron chi connectivity index (χ1n) is 5.39. The summed E-state index contributed by atoms with van der Waals surface area (Å²) in [7, 11) is 0. The van der Waals surface area contributed by atoms with E-state index in [-0.39, 0.29) is 0 Å². The Bertz CT molecular complexity index is 554. The summed E-state index contributed by atoms with van der Waals surface area (Å²) in [6.45, 7) is 0.565. The quantitative estimate of drug-likeness (QED) is 0.888. The van der Waals surface area contributed by atoms with Crippen LogP contribution in [0, 0.1) is 0 Å². The van der Waals surface area contributed by atoms with E-state index in [0.29, 0.717) is 17.1 Å². The molecule has 92 valence electrons. The summed E-state index contributed by atoms with van der Waals surface area (Å²) < 4.78 is 0. The molecule has 0 bridgehead atoms. The highest BCUT2D eigenvalue weighted by atomic mass is 35.5. The van der Waals surface area contributed by atoms with E-state index in [9.17, 15) is 4.79 Å². The summed E-state index contributed by atoms with van der Waals surface area (Å²) in [6, 6.07) is 10.7. The molecule has 1 amide bonds. The number of rotatable bonds is 4. The Morgan fingerprint density at radius 3 is 2.83 bits per heavy atom. The second-order valence-corrected chi connectivity index (χ2v) is 4.22. The van der Waals surface area contributed by atoms with Crippen LogP contribution in [0.1, 0.15) is 15.9 Å². The molecule has 0 saturated heterocycles. The predicted molar refractivity (Wildman–Crippen MR) is 71.5 cm³/mol. The van der Waals surface area contributed by atoms with Gasteiger partial charge in [-0.15, -0.1) is 0 Å². The maximum atomic E-state index is 11.0. The van der Waals surface area contributed by atoms with Gasteiger partial charge in [0.1, 0.15) is 5.82 Å². The Morgan fingerprint density at radius 1 is 1.33 bits per heavy atom. The van der Waals surface area contributed by atoms with Crippen molar-refractivity contribution in [3.8, 4) is 0 Å². The zero-order valence-corrected chi connectivity index (χ0v) is 10.3. The van der Waals surface area contributed by atoms with E-state index < -0.39 is 5.91 Å². The maximum Gasteiger partial charge on any atom is 0.248 e. The monoisotopic (exact) mass is 261 g/mol. The van der Waals surface area contributed by atoms with Crippen molar-refractivity contribution in [1.29, 1.82) is 0 Å². The van der Waals surface area contributed by atoms with Crippen LogP contribution in [0.15, 0.2) is 42.6 Å². The van der Waals surface area contributed by atoms with Gasteiger partial charge in [0.05, 0.1) is 5.02 Å². The number of nitrogens with two attached hydrogens (primary N) is 1. The average molecular weight is 262 g/mol. The number of hydrogen-bond donors (Lipinski definition) is 2. The third-order valence-electron chi connectivity index (χ3n) is 2.41. The number of carbonyl (C=O) groups excluding carboxylic acids is 1. The van der Waals surface area contributed by atoms with Crippen LogP contribution in [0.2, 0.25) is 5.02 Å². The summed E-state index contributed by atoms with van der Waals surface area (Å²) in [5.74, 6) is 0.297. The minimum atomic E-state index is -0.429. The molecule has 1 aromatic carbocycles. The molecule has 0 saturated carbocycles. The number of nitrogens with one attached hydrogen (secondary N) is 1. The highest BCUT2D eigenvalue weighted by molar-refractivity contribution is 6.30. The molecule has 2 rings (SSSR count). The normalized spacial score (nSPS) is 10.1. The summed E-state index contributed by atoms with van der Waals surface area (Å²) in [4.78, 5) is 15.2. The van der Waals surface area contributed by atoms with Crippen molar-refractivity contribution < 1.29 is 4.79 Å². The first-order valence-corrected chi connectivity index (χ1v) is 5.77. The van der Waals surface area contributed by atoms with Gasteiger partial charge in [0.2, 0.25) is 5.91 Å². The average Bonchev–Trinajstić information content (AvgIpc) is 2.38. The van der Waals surface area contributed by atoms with E-state index >= 15 is 0 Å². The highest BCUT2D eigenvalue weighted by Gasteiger charge is 2.01. The third kappa shape index (κ3) is 3.21. The van der Waals surface area contributed by atoms with Gasteiger partial charge in [0, 0.05) is 18.3 Å². The summed E-state index contributed by atoms with van der Waals surface area (Å²) in [5.41, 5.74) is 6.68. The molecule has 3 N–H and O–H groups in total. The van der Waals surface area contributed by atoms with Crippen LogP contribution in [-0.2, 0) is 6.54 Å². The van der Waals surface area contributed by atoms with Crippen molar-refractivity contribution in [1.82, 2.24) is 4.98 Å². The van der Waals surface area contributed by atoms with Crippen LogP contribution in [0.5, 0.6) is 0 Å². The van der Waals surface area contributed by atoms with Gasteiger partial charge in [-0.2, -0.15) is 0 Å². The van der Waals surface area contributed by atoms with Gasteiger partial charge >= 0.3 is 0 Å². The number of hydrogen-bond acceptors (Lipinski definition) is 3. The maximum absolute atomic E-state index is 11.0. The van der Waals surface area contributed by atoms with Gasteiger partial charge in [-0.3, -0.25) is 4.79 Å². The van der Waals surface area contributed by atoms with E-state index in [1.165, 1.54) is 0 Å². The minimum Gasteiger partial charge on any atom is -0.366 e. The molecular weight excluding hydrogens is 250 g/mol. The standard InChI is InChI=1S/C13H12ClN3O/c14-11-4-5-12(17-8-11)16-7-9-2-1-3-10(6-9)13(15)18/h1-6,8H,7H2,(H2,15,18)(H,16,17). The van der Waals surface area contributed by atoms with Crippen molar-refractivity contribution in [2.45, 2.75) is 6.54 Å². The van der Waals surface area contributed by atoms with E-state index in [2.05, 4.69) is 10.3 Å². The number of benzene rings is 1. The second kappa shape index (κ2) is 5.51. The largest absolute Gasteiger partial charge is 0.366 e. The summed E-state index contributed by atoms with van der Waals surface area (Å²) >= 11 is 5.74. The van der Waals surface area contributed by atoms with Crippen LogP contribution in [0.3, 0.4) is 0 Å².